The summed E-state index contributed by atoms with van der Waals surface area (Å²) in [6.07, 6.45) is 1.77. The van der Waals surface area contributed by atoms with Crippen LogP contribution in [0.3, 0.4) is 0 Å². The lowest BCUT2D eigenvalue weighted by Gasteiger charge is -2.08. The van der Waals surface area contributed by atoms with Gasteiger partial charge in [0, 0.05) is 24.4 Å². The lowest BCUT2D eigenvalue weighted by Crippen LogP contribution is -2.19. The second kappa shape index (κ2) is 7.79. The quantitative estimate of drug-likeness (QED) is 0.611. The van der Waals surface area contributed by atoms with Crippen LogP contribution in [-0.4, -0.2) is 34.5 Å². The molecule has 0 aliphatic carbocycles. The molecule has 8 heteroatoms. The first-order chi connectivity index (χ1) is 13.0. The fourth-order valence-electron chi connectivity index (χ4n) is 2.89. The monoisotopic (exact) mass is 386 g/mol. The number of carbonyl (C=O) groups excluding carboxylic acids is 1. The molecule has 1 aromatic carbocycles. The Balaban J connectivity index is 2.07. The smallest absolute Gasteiger partial charge is 0.270 e. The van der Waals surface area contributed by atoms with E-state index >= 15 is 0 Å². The lowest BCUT2D eigenvalue weighted by molar-refractivity contribution is -0.118. The van der Waals surface area contributed by atoms with Gasteiger partial charge in [-0.05, 0) is 19.9 Å². The molecular weight excluding hydrogens is 364 g/mol. The Hall–Kier alpha value is -2.87. The van der Waals surface area contributed by atoms with E-state index in [1.54, 1.807) is 25.0 Å². The van der Waals surface area contributed by atoms with Gasteiger partial charge in [0.2, 0.25) is 0 Å². The van der Waals surface area contributed by atoms with E-state index in [2.05, 4.69) is 16.7 Å². The first-order valence-corrected chi connectivity index (χ1v) is 9.23. The molecule has 0 saturated heterocycles. The molecule has 0 fully saturated rings. The molecule has 0 radical (unpaired) electrons. The van der Waals surface area contributed by atoms with E-state index in [4.69, 9.17) is 9.47 Å². The zero-order valence-corrected chi connectivity index (χ0v) is 16.7. The molecule has 27 heavy (non-hydrogen) atoms. The van der Waals surface area contributed by atoms with E-state index < -0.39 is 0 Å². The summed E-state index contributed by atoms with van der Waals surface area (Å²) in [7, 11) is 3.19. The predicted molar refractivity (Wildman–Crippen MR) is 105 cm³/mol. The Kier molecular flexibility index (Phi) is 5.46. The average Bonchev–Trinajstić information content (AvgIpc) is 3.12. The fourth-order valence-corrected chi connectivity index (χ4v) is 3.96. The van der Waals surface area contributed by atoms with Gasteiger partial charge in [0.05, 0.1) is 30.1 Å². The first kappa shape index (κ1) is 18.9. The van der Waals surface area contributed by atoms with Gasteiger partial charge in [-0.2, -0.15) is 10.1 Å². The molecular formula is C19H22N4O3S. The van der Waals surface area contributed by atoms with Crippen LogP contribution in [0.25, 0.3) is 10.2 Å². The number of aromatic nitrogens is 3. The van der Waals surface area contributed by atoms with E-state index in [1.165, 1.54) is 11.3 Å². The standard InChI is InChI=1S/C19H22N4O3S/c1-6-7-22-14-9-15(25-4)16(26-5)10-17(14)27-19(22)20-18(24)11-23-13(3)8-12(2)21-23/h6,8-10H,1,7,11H2,2-5H3. The predicted octanol–water partition coefficient (Wildman–Crippen LogP) is 2.85. The topological polar surface area (TPSA) is 70.6 Å². The van der Waals surface area contributed by atoms with Crippen LogP contribution >= 0.6 is 11.3 Å². The second-order valence-corrected chi connectivity index (χ2v) is 7.06. The third-order valence-electron chi connectivity index (χ3n) is 4.11. The highest BCUT2D eigenvalue weighted by atomic mass is 32.1. The summed E-state index contributed by atoms with van der Waals surface area (Å²) >= 11 is 1.42. The molecule has 0 saturated carbocycles. The molecule has 1 amide bonds. The number of benzene rings is 1. The Morgan fingerprint density at radius 1 is 1.26 bits per heavy atom. The van der Waals surface area contributed by atoms with Crippen LogP contribution in [0.4, 0.5) is 0 Å². The number of methoxy groups -OCH3 is 2. The summed E-state index contributed by atoms with van der Waals surface area (Å²) < 4.78 is 15.3. The van der Waals surface area contributed by atoms with Crippen molar-refractivity contribution >= 4 is 27.5 Å². The number of hydrogen-bond donors (Lipinski definition) is 0. The molecule has 7 nitrogen and oxygen atoms in total. The van der Waals surface area contributed by atoms with Crippen LogP contribution in [0.5, 0.6) is 11.5 Å². The Morgan fingerprint density at radius 2 is 1.96 bits per heavy atom. The first-order valence-electron chi connectivity index (χ1n) is 8.41. The maximum absolute atomic E-state index is 12.5. The highest BCUT2D eigenvalue weighted by Crippen LogP contribution is 2.33. The van der Waals surface area contributed by atoms with Crippen LogP contribution < -0.4 is 14.3 Å². The van der Waals surface area contributed by atoms with Gasteiger partial charge in [0.15, 0.2) is 16.3 Å². The van der Waals surface area contributed by atoms with Crippen molar-refractivity contribution in [1.29, 1.82) is 0 Å². The van der Waals surface area contributed by atoms with Crippen LogP contribution in [0.2, 0.25) is 0 Å². The van der Waals surface area contributed by atoms with Crippen LogP contribution in [-0.2, 0) is 17.9 Å². The molecule has 2 heterocycles. The van der Waals surface area contributed by atoms with Crippen molar-refractivity contribution in [1.82, 2.24) is 14.3 Å². The molecule has 2 aromatic heterocycles. The second-order valence-electron chi connectivity index (χ2n) is 6.05. The molecule has 0 bridgehead atoms. The molecule has 0 N–H and O–H groups in total. The maximum atomic E-state index is 12.5. The van der Waals surface area contributed by atoms with Crippen molar-refractivity contribution in [3.63, 3.8) is 0 Å². The number of amides is 1. The SMILES string of the molecule is C=CCn1c(=NC(=O)Cn2nc(C)cc2C)sc2cc(OC)c(OC)cc21. The van der Waals surface area contributed by atoms with Crippen molar-refractivity contribution in [2.45, 2.75) is 26.9 Å². The van der Waals surface area contributed by atoms with Crippen LogP contribution in [0.1, 0.15) is 11.4 Å². The number of hydrogen-bond acceptors (Lipinski definition) is 5. The van der Waals surface area contributed by atoms with Gasteiger partial charge in [-0.25, -0.2) is 0 Å². The van der Waals surface area contributed by atoms with Crippen LogP contribution in [0, 0.1) is 13.8 Å². The number of carbonyl (C=O) groups is 1. The molecule has 3 rings (SSSR count). The summed E-state index contributed by atoms with van der Waals surface area (Å²) in [5.74, 6) is 1.00. The minimum atomic E-state index is -0.260. The van der Waals surface area contributed by atoms with Gasteiger partial charge in [-0.1, -0.05) is 17.4 Å². The third kappa shape index (κ3) is 3.80. The van der Waals surface area contributed by atoms with E-state index in [0.717, 1.165) is 21.6 Å². The van der Waals surface area contributed by atoms with E-state index in [-0.39, 0.29) is 12.5 Å². The maximum Gasteiger partial charge on any atom is 0.270 e. The number of allylic oxidation sites excluding steroid dienone is 1. The zero-order chi connectivity index (χ0) is 19.6. The highest BCUT2D eigenvalue weighted by Gasteiger charge is 2.13. The zero-order valence-electron chi connectivity index (χ0n) is 15.9. The third-order valence-corrected chi connectivity index (χ3v) is 5.15. The molecule has 0 aliphatic rings. The van der Waals surface area contributed by atoms with Gasteiger partial charge in [0.25, 0.3) is 5.91 Å². The summed E-state index contributed by atoms with van der Waals surface area (Å²) in [4.78, 5) is 17.4. The van der Waals surface area contributed by atoms with E-state index in [0.29, 0.717) is 22.8 Å². The van der Waals surface area contributed by atoms with Gasteiger partial charge >= 0.3 is 0 Å². The van der Waals surface area contributed by atoms with Crippen LogP contribution in [0.15, 0.2) is 35.8 Å². The molecule has 3 aromatic rings. The molecule has 0 unspecified atom stereocenters. The Labute approximate surface area is 161 Å². The normalized spacial score (nSPS) is 11.8. The number of fused-ring (bicyclic) bond motifs is 1. The van der Waals surface area contributed by atoms with Gasteiger partial charge in [-0.3, -0.25) is 9.48 Å². The highest BCUT2D eigenvalue weighted by molar-refractivity contribution is 7.16. The van der Waals surface area contributed by atoms with Crippen molar-refractivity contribution in [2.75, 3.05) is 14.2 Å². The summed E-state index contributed by atoms with van der Waals surface area (Å²) in [5, 5.41) is 4.32. The van der Waals surface area contributed by atoms with E-state index in [1.807, 2.05) is 36.6 Å². The summed E-state index contributed by atoms with van der Waals surface area (Å²) in [6, 6.07) is 5.71. The van der Waals surface area contributed by atoms with Crippen molar-refractivity contribution < 1.29 is 14.3 Å². The number of thiazole rings is 1. The minimum absolute atomic E-state index is 0.106. The van der Waals surface area contributed by atoms with Gasteiger partial charge < -0.3 is 14.0 Å². The molecule has 142 valence electrons. The Bertz CT molecular complexity index is 1070. The summed E-state index contributed by atoms with van der Waals surface area (Å²) in [6.45, 7) is 8.26. The van der Waals surface area contributed by atoms with Crippen molar-refractivity contribution in [3.8, 4) is 11.5 Å². The number of aryl methyl sites for hydroxylation is 2. The van der Waals surface area contributed by atoms with Crippen molar-refractivity contribution in [2.24, 2.45) is 4.99 Å². The molecule has 0 aliphatic heterocycles. The van der Waals surface area contributed by atoms with E-state index in [9.17, 15) is 4.79 Å². The number of nitrogens with zero attached hydrogens (tertiary/aromatic N) is 4. The number of ether oxygens (including phenoxy) is 2. The lowest BCUT2D eigenvalue weighted by atomic mass is 10.3. The molecule has 0 atom stereocenters. The summed E-state index contributed by atoms with van der Waals surface area (Å²) in [5.41, 5.74) is 2.72. The molecule has 0 spiro atoms. The van der Waals surface area contributed by atoms with Gasteiger partial charge in [0.1, 0.15) is 6.54 Å². The average molecular weight is 386 g/mol. The largest absolute Gasteiger partial charge is 0.493 e. The van der Waals surface area contributed by atoms with Crippen molar-refractivity contribution in [3.05, 3.63) is 47.0 Å². The minimum Gasteiger partial charge on any atom is -0.493 e. The Morgan fingerprint density at radius 3 is 2.56 bits per heavy atom. The van der Waals surface area contributed by atoms with Gasteiger partial charge in [-0.15, -0.1) is 6.58 Å². The fraction of sp³-hybridized carbons (Fsp3) is 0.316. The number of rotatable bonds is 6.